The van der Waals surface area contributed by atoms with Gasteiger partial charge in [-0.2, -0.15) is 0 Å². The van der Waals surface area contributed by atoms with Gasteiger partial charge in [0.1, 0.15) is 5.75 Å². The summed E-state index contributed by atoms with van der Waals surface area (Å²) in [6.45, 7) is 5.52. The molecule has 0 bridgehead atoms. The summed E-state index contributed by atoms with van der Waals surface area (Å²) in [5.74, 6) is 1.72. The fourth-order valence-corrected chi connectivity index (χ4v) is 2.97. The second-order valence-corrected chi connectivity index (χ2v) is 5.41. The quantitative estimate of drug-likeness (QED) is 0.857. The van der Waals surface area contributed by atoms with Crippen LogP contribution in [0.1, 0.15) is 49.7 Å². The molecule has 1 aliphatic carbocycles. The Morgan fingerprint density at radius 2 is 2.17 bits per heavy atom. The first-order valence-corrected chi connectivity index (χ1v) is 7.12. The minimum atomic E-state index is 0.661. The summed E-state index contributed by atoms with van der Waals surface area (Å²) >= 11 is 0. The lowest BCUT2D eigenvalue weighted by Gasteiger charge is -2.16. The maximum absolute atomic E-state index is 5.51. The lowest BCUT2D eigenvalue weighted by Crippen LogP contribution is -2.26. The number of hydrogen-bond donors (Lipinski definition) is 1. The van der Waals surface area contributed by atoms with Crippen LogP contribution in [0.25, 0.3) is 0 Å². The third-order valence-electron chi connectivity index (χ3n) is 3.94. The highest BCUT2D eigenvalue weighted by molar-refractivity contribution is 5.40. The largest absolute Gasteiger partial charge is 0.496 e. The third-order valence-corrected chi connectivity index (χ3v) is 3.94. The number of nitrogens with one attached hydrogen (secondary N) is 1. The maximum Gasteiger partial charge on any atom is 0.122 e. The second-order valence-electron chi connectivity index (χ2n) is 5.41. The molecule has 2 nitrogen and oxygen atoms in total. The van der Waals surface area contributed by atoms with Crippen molar-refractivity contribution in [2.75, 3.05) is 13.7 Å². The molecule has 0 aliphatic heterocycles. The molecule has 0 heterocycles. The SMILES string of the molecule is CCCNC1CCC(c2cc(C)ccc2OC)C1. The first-order chi connectivity index (χ1) is 8.74. The molecule has 0 aromatic heterocycles. The summed E-state index contributed by atoms with van der Waals surface area (Å²) in [5.41, 5.74) is 2.73. The molecule has 2 unspecified atom stereocenters. The molecule has 0 spiro atoms. The van der Waals surface area contributed by atoms with E-state index in [0.29, 0.717) is 12.0 Å². The molecular weight excluding hydrogens is 222 g/mol. The van der Waals surface area contributed by atoms with Crippen molar-refractivity contribution < 1.29 is 4.74 Å². The Morgan fingerprint density at radius 3 is 2.89 bits per heavy atom. The Bertz CT molecular complexity index is 389. The van der Waals surface area contributed by atoms with Crippen LogP contribution >= 0.6 is 0 Å². The van der Waals surface area contributed by atoms with E-state index in [2.05, 4.69) is 37.4 Å². The van der Waals surface area contributed by atoms with Gasteiger partial charge in [-0.1, -0.05) is 24.6 Å². The van der Waals surface area contributed by atoms with E-state index in [1.165, 1.54) is 36.8 Å². The van der Waals surface area contributed by atoms with Gasteiger partial charge in [-0.25, -0.2) is 0 Å². The molecule has 1 saturated carbocycles. The van der Waals surface area contributed by atoms with Crippen molar-refractivity contribution in [3.63, 3.8) is 0 Å². The van der Waals surface area contributed by atoms with Crippen molar-refractivity contribution in [3.05, 3.63) is 29.3 Å². The number of hydrogen-bond acceptors (Lipinski definition) is 2. The van der Waals surface area contributed by atoms with Crippen LogP contribution in [0, 0.1) is 6.92 Å². The van der Waals surface area contributed by atoms with E-state index < -0.39 is 0 Å². The van der Waals surface area contributed by atoms with Gasteiger partial charge in [-0.3, -0.25) is 0 Å². The van der Waals surface area contributed by atoms with E-state index in [-0.39, 0.29) is 0 Å². The summed E-state index contributed by atoms with van der Waals surface area (Å²) in [5, 5.41) is 3.64. The molecule has 2 rings (SSSR count). The number of aryl methyl sites for hydroxylation is 1. The maximum atomic E-state index is 5.51. The van der Waals surface area contributed by atoms with Crippen LogP contribution in [0.15, 0.2) is 18.2 Å². The highest BCUT2D eigenvalue weighted by Gasteiger charge is 2.27. The van der Waals surface area contributed by atoms with Crippen molar-refractivity contribution in [3.8, 4) is 5.75 Å². The zero-order chi connectivity index (χ0) is 13.0. The molecule has 100 valence electrons. The highest BCUT2D eigenvalue weighted by Crippen LogP contribution is 2.39. The summed E-state index contributed by atoms with van der Waals surface area (Å²) in [6.07, 6.45) is 5.04. The van der Waals surface area contributed by atoms with E-state index in [0.717, 1.165) is 12.3 Å². The average molecular weight is 247 g/mol. The lowest BCUT2D eigenvalue weighted by molar-refractivity contribution is 0.404. The van der Waals surface area contributed by atoms with Gasteiger partial charge in [0.25, 0.3) is 0 Å². The summed E-state index contributed by atoms with van der Waals surface area (Å²) in [6, 6.07) is 7.23. The van der Waals surface area contributed by atoms with E-state index in [9.17, 15) is 0 Å². The number of benzene rings is 1. The van der Waals surface area contributed by atoms with Crippen molar-refractivity contribution >= 4 is 0 Å². The van der Waals surface area contributed by atoms with Gasteiger partial charge in [0.15, 0.2) is 0 Å². The monoisotopic (exact) mass is 247 g/mol. The zero-order valence-corrected chi connectivity index (χ0v) is 11.8. The third kappa shape index (κ3) is 3.05. The van der Waals surface area contributed by atoms with Gasteiger partial charge < -0.3 is 10.1 Å². The zero-order valence-electron chi connectivity index (χ0n) is 11.8. The van der Waals surface area contributed by atoms with Crippen molar-refractivity contribution in [2.24, 2.45) is 0 Å². The van der Waals surface area contributed by atoms with Crippen LogP contribution in [0.4, 0.5) is 0 Å². The van der Waals surface area contributed by atoms with Gasteiger partial charge in [0.05, 0.1) is 7.11 Å². The topological polar surface area (TPSA) is 21.3 Å². The predicted molar refractivity (Wildman–Crippen MR) is 76.4 cm³/mol. The van der Waals surface area contributed by atoms with Crippen LogP contribution in [-0.4, -0.2) is 19.7 Å². The van der Waals surface area contributed by atoms with E-state index in [4.69, 9.17) is 4.74 Å². The van der Waals surface area contributed by atoms with Gasteiger partial charge in [0, 0.05) is 6.04 Å². The Morgan fingerprint density at radius 1 is 1.33 bits per heavy atom. The summed E-state index contributed by atoms with van der Waals surface area (Å²) < 4.78 is 5.51. The van der Waals surface area contributed by atoms with Crippen LogP contribution in [0.2, 0.25) is 0 Å². The minimum absolute atomic E-state index is 0.661. The molecule has 2 heteroatoms. The Balaban J connectivity index is 2.06. The molecular formula is C16H25NO. The fourth-order valence-electron chi connectivity index (χ4n) is 2.97. The smallest absolute Gasteiger partial charge is 0.122 e. The molecule has 18 heavy (non-hydrogen) atoms. The van der Waals surface area contributed by atoms with Gasteiger partial charge in [0.2, 0.25) is 0 Å². The molecule has 1 aromatic rings. The first-order valence-electron chi connectivity index (χ1n) is 7.12. The molecule has 1 aliphatic rings. The van der Waals surface area contributed by atoms with Crippen molar-refractivity contribution in [1.29, 1.82) is 0 Å². The molecule has 1 aromatic carbocycles. The Kier molecular flexibility index (Phi) is 4.65. The molecule has 0 radical (unpaired) electrons. The number of rotatable bonds is 5. The van der Waals surface area contributed by atoms with Gasteiger partial charge in [-0.15, -0.1) is 0 Å². The van der Waals surface area contributed by atoms with Gasteiger partial charge >= 0.3 is 0 Å². The Hall–Kier alpha value is -1.02. The normalized spacial score (nSPS) is 23.3. The van der Waals surface area contributed by atoms with Crippen molar-refractivity contribution in [2.45, 2.75) is 51.5 Å². The standard InChI is InChI=1S/C16H25NO/c1-4-9-17-14-7-6-13(11-14)15-10-12(2)5-8-16(15)18-3/h5,8,10,13-14,17H,4,6-7,9,11H2,1-3H3. The summed E-state index contributed by atoms with van der Waals surface area (Å²) in [4.78, 5) is 0. The van der Waals surface area contributed by atoms with Crippen LogP contribution in [-0.2, 0) is 0 Å². The van der Waals surface area contributed by atoms with E-state index in [1.807, 2.05) is 0 Å². The van der Waals surface area contributed by atoms with E-state index >= 15 is 0 Å². The highest BCUT2D eigenvalue weighted by atomic mass is 16.5. The predicted octanol–water partition coefficient (Wildman–Crippen LogP) is 3.64. The second kappa shape index (κ2) is 6.24. The Labute approximate surface area is 111 Å². The number of ether oxygens (including phenoxy) is 1. The van der Waals surface area contributed by atoms with Gasteiger partial charge in [-0.05, 0) is 56.7 Å². The minimum Gasteiger partial charge on any atom is -0.496 e. The van der Waals surface area contributed by atoms with Crippen LogP contribution in [0.5, 0.6) is 5.75 Å². The molecule has 0 amide bonds. The lowest BCUT2D eigenvalue weighted by atomic mass is 9.95. The molecule has 1 fully saturated rings. The average Bonchev–Trinajstić information content (AvgIpc) is 2.85. The molecule has 0 saturated heterocycles. The molecule has 1 N–H and O–H groups in total. The van der Waals surface area contributed by atoms with E-state index in [1.54, 1.807) is 7.11 Å². The molecule has 2 atom stereocenters. The number of methoxy groups -OCH3 is 1. The fraction of sp³-hybridized carbons (Fsp3) is 0.625. The first kappa shape index (κ1) is 13.4. The van der Waals surface area contributed by atoms with Crippen LogP contribution in [0.3, 0.4) is 0 Å². The summed E-state index contributed by atoms with van der Waals surface area (Å²) in [7, 11) is 1.77. The van der Waals surface area contributed by atoms with Crippen molar-refractivity contribution in [1.82, 2.24) is 5.32 Å². The van der Waals surface area contributed by atoms with Crippen LogP contribution < -0.4 is 10.1 Å².